The molecule has 0 atom stereocenters. The van der Waals surface area contributed by atoms with E-state index in [1.807, 2.05) is 0 Å². The molecule has 0 heterocycles. The van der Waals surface area contributed by atoms with E-state index in [0.717, 1.165) is 32.1 Å². The molecule has 0 aromatic heterocycles. The van der Waals surface area contributed by atoms with Crippen LogP contribution in [0, 0.1) is 0 Å². The molecule has 0 amide bonds. The number of allylic oxidation sites excluding steroid dienone is 2. The third-order valence-corrected chi connectivity index (χ3v) is 4.94. The van der Waals surface area contributed by atoms with Crippen LogP contribution >= 0.6 is 0 Å². The normalized spacial score (nSPS) is 11.1. The highest BCUT2D eigenvalue weighted by Crippen LogP contribution is 2.08. The maximum Gasteiger partial charge on any atom is 0.305 e. The van der Waals surface area contributed by atoms with Gasteiger partial charge >= 0.3 is 11.9 Å². The fourth-order valence-electron chi connectivity index (χ4n) is 3.06. The second-order valence-corrected chi connectivity index (χ2v) is 7.88. The van der Waals surface area contributed by atoms with Crippen molar-refractivity contribution in [2.75, 3.05) is 13.2 Å². The minimum Gasteiger partial charge on any atom is -0.466 e. The molecular weight excluding hydrogens is 364 g/mol. The van der Waals surface area contributed by atoms with Gasteiger partial charge in [-0.3, -0.25) is 9.59 Å². The van der Waals surface area contributed by atoms with Gasteiger partial charge in [0.15, 0.2) is 0 Å². The second kappa shape index (κ2) is 23.0. The zero-order valence-corrected chi connectivity index (χ0v) is 19.2. The lowest BCUT2D eigenvalue weighted by molar-refractivity contribution is -0.146. The molecule has 29 heavy (non-hydrogen) atoms. The van der Waals surface area contributed by atoms with Crippen LogP contribution in [0.3, 0.4) is 0 Å². The van der Waals surface area contributed by atoms with Crippen molar-refractivity contribution in [3.05, 3.63) is 12.2 Å². The van der Waals surface area contributed by atoms with Crippen LogP contribution < -0.4 is 0 Å². The molecule has 0 radical (unpaired) electrons. The summed E-state index contributed by atoms with van der Waals surface area (Å²) in [6.07, 6.45) is 21.9. The Hall–Kier alpha value is -1.32. The van der Waals surface area contributed by atoms with Crippen LogP contribution in [-0.2, 0) is 19.1 Å². The minimum absolute atomic E-state index is 0.143. The molecule has 0 N–H and O–H groups in total. The highest BCUT2D eigenvalue weighted by Gasteiger charge is 2.06. The van der Waals surface area contributed by atoms with E-state index in [4.69, 9.17) is 9.47 Å². The molecule has 4 heteroatoms. The van der Waals surface area contributed by atoms with Gasteiger partial charge in [0, 0.05) is 12.8 Å². The summed E-state index contributed by atoms with van der Waals surface area (Å²) >= 11 is 0. The monoisotopic (exact) mass is 410 g/mol. The summed E-state index contributed by atoms with van der Waals surface area (Å²) in [5.41, 5.74) is 0. The molecule has 0 bridgehead atoms. The Labute approximate surface area is 179 Å². The SMILES string of the molecule is CCCCC/C=C/CCCOC(=O)CCCCC(=O)OCCCCCCCCC. The average molecular weight is 411 g/mol. The van der Waals surface area contributed by atoms with Gasteiger partial charge in [-0.15, -0.1) is 0 Å². The van der Waals surface area contributed by atoms with Crippen LogP contribution in [0.25, 0.3) is 0 Å². The van der Waals surface area contributed by atoms with Gasteiger partial charge in [0.25, 0.3) is 0 Å². The van der Waals surface area contributed by atoms with E-state index < -0.39 is 0 Å². The van der Waals surface area contributed by atoms with Crippen molar-refractivity contribution < 1.29 is 19.1 Å². The third-order valence-electron chi connectivity index (χ3n) is 4.94. The maximum absolute atomic E-state index is 11.7. The van der Waals surface area contributed by atoms with E-state index >= 15 is 0 Å². The summed E-state index contributed by atoms with van der Waals surface area (Å²) in [6, 6.07) is 0. The molecule has 0 spiro atoms. The van der Waals surface area contributed by atoms with Crippen molar-refractivity contribution in [1.29, 1.82) is 0 Å². The molecule has 0 saturated heterocycles. The summed E-state index contributed by atoms with van der Waals surface area (Å²) in [7, 11) is 0. The van der Waals surface area contributed by atoms with Gasteiger partial charge in [-0.25, -0.2) is 0 Å². The molecule has 0 unspecified atom stereocenters. The Morgan fingerprint density at radius 1 is 0.552 bits per heavy atom. The highest BCUT2D eigenvalue weighted by molar-refractivity contribution is 5.70. The van der Waals surface area contributed by atoms with Crippen LogP contribution in [0.5, 0.6) is 0 Å². The molecule has 0 aliphatic carbocycles. The fraction of sp³-hybridized carbons (Fsp3) is 0.840. The molecular formula is C25H46O4. The first-order valence-corrected chi connectivity index (χ1v) is 12.2. The van der Waals surface area contributed by atoms with E-state index in [2.05, 4.69) is 26.0 Å². The highest BCUT2D eigenvalue weighted by atomic mass is 16.5. The van der Waals surface area contributed by atoms with Gasteiger partial charge in [0.1, 0.15) is 0 Å². The Balaban J connectivity index is 3.35. The second-order valence-electron chi connectivity index (χ2n) is 7.88. The van der Waals surface area contributed by atoms with Crippen molar-refractivity contribution in [2.24, 2.45) is 0 Å². The standard InChI is InChI=1S/C25H46O4/c1-3-5-7-9-11-13-15-19-23-29-25(27)21-17-16-20-24(26)28-22-18-14-12-10-8-6-4-2/h11,13H,3-10,12,14-23H2,1-2H3/b13-11+. The lowest BCUT2D eigenvalue weighted by Crippen LogP contribution is -2.08. The number of ether oxygens (including phenoxy) is 2. The molecule has 0 fully saturated rings. The third kappa shape index (κ3) is 22.8. The van der Waals surface area contributed by atoms with Crippen LogP contribution in [-0.4, -0.2) is 25.2 Å². The van der Waals surface area contributed by atoms with Crippen molar-refractivity contribution in [3.8, 4) is 0 Å². The van der Waals surface area contributed by atoms with Crippen molar-refractivity contribution in [1.82, 2.24) is 0 Å². The van der Waals surface area contributed by atoms with Crippen molar-refractivity contribution in [2.45, 2.75) is 123 Å². The molecule has 0 rings (SSSR count). The minimum atomic E-state index is -0.159. The van der Waals surface area contributed by atoms with E-state index in [-0.39, 0.29) is 11.9 Å². The molecule has 0 saturated carbocycles. The van der Waals surface area contributed by atoms with Crippen LogP contribution in [0.4, 0.5) is 0 Å². The molecule has 0 aliphatic heterocycles. The number of esters is 2. The van der Waals surface area contributed by atoms with Gasteiger partial charge in [0.05, 0.1) is 13.2 Å². The quantitative estimate of drug-likeness (QED) is 0.113. The Morgan fingerprint density at radius 3 is 1.59 bits per heavy atom. The predicted octanol–water partition coefficient (Wildman–Crippen LogP) is 7.30. The Morgan fingerprint density at radius 2 is 1.00 bits per heavy atom. The molecule has 0 aliphatic rings. The summed E-state index contributed by atoms with van der Waals surface area (Å²) in [4.78, 5) is 23.3. The van der Waals surface area contributed by atoms with E-state index in [1.165, 1.54) is 51.4 Å². The van der Waals surface area contributed by atoms with Crippen molar-refractivity contribution >= 4 is 11.9 Å². The Bertz CT molecular complexity index is 404. The summed E-state index contributed by atoms with van der Waals surface area (Å²) in [6.45, 7) is 5.44. The van der Waals surface area contributed by atoms with E-state index in [9.17, 15) is 9.59 Å². The average Bonchev–Trinajstić information content (AvgIpc) is 2.72. The molecule has 4 nitrogen and oxygen atoms in total. The van der Waals surface area contributed by atoms with Gasteiger partial charge < -0.3 is 9.47 Å². The number of rotatable bonds is 21. The maximum atomic E-state index is 11.7. The first-order chi connectivity index (χ1) is 14.2. The lowest BCUT2D eigenvalue weighted by Gasteiger charge is -2.06. The topological polar surface area (TPSA) is 52.6 Å². The van der Waals surface area contributed by atoms with Crippen LogP contribution in [0.2, 0.25) is 0 Å². The van der Waals surface area contributed by atoms with E-state index in [0.29, 0.717) is 38.9 Å². The lowest BCUT2D eigenvalue weighted by atomic mass is 10.1. The first-order valence-electron chi connectivity index (χ1n) is 12.2. The van der Waals surface area contributed by atoms with E-state index in [1.54, 1.807) is 0 Å². The largest absolute Gasteiger partial charge is 0.466 e. The van der Waals surface area contributed by atoms with Crippen LogP contribution in [0.1, 0.15) is 123 Å². The van der Waals surface area contributed by atoms with Gasteiger partial charge in [-0.05, 0) is 44.9 Å². The first kappa shape index (κ1) is 27.7. The molecule has 0 aromatic rings. The van der Waals surface area contributed by atoms with Crippen LogP contribution in [0.15, 0.2) is 12.2 Å². The number of hydrogen-bond donors (Lipinski definition) is 0. The summed E-state index contributed by atoms with van der Waals surface area (Å²) in [5.74, 6) is -0.302. The summed E-state index contributed by atoms with van der Waals surface area (Å²) < 4.78 is 10.5. The zero-order chi connectivity index (χ0) is 21.4. The molecule has 170 valence electrons. The van der Waals surface area contributed by atoms with Crippen molar-refractivity contribution in [3.63, 3.8) is 0 Å². The number of unbranched alkanes of at least 4 members (excludes halogenated alkanes) is 11. The fourth-order valence-corrected chi connectivity index (χ4v) is 3.06. The number of carbonyl (C=O) groups is 2. The predicted molar refractivity (Wildman–Crippen MR) is 121 cm³/mol. The smallest absolute Gasteiger partial charge is 0.305 e. The molecule has 0 aromatic carbocycles. The number of carbonyl (C=O) groups excluding carboxylic acids is 2. The number of hydrogen-bond acceptors (Lipinski definition) is 4. The zero-order valence-electron chi connectivity index (χ0n) is 19.2. The van der Waals surface area contributed by atoms with Gasteiger partial charge in [-0.2, -0.15) is 0 Å². The summed E-state index contributed by atoms with van der Waals surface area (Å²) in [5, 5.41) is 0. The van der Waals surface area contributed by atoms with Gasteiger partial charge in [-0.1, -0.05) is 77.4 Å². The Kier molecular flexibility index (Phi) is 21.9. The van der Waals surface area contributed by atoms with Gasteiger partial charge in [0.2, 0.25) is 0 Å².